The SMILES string of the molecule is CCCCCCCOc1ccc(-c2cnc(-c3ccc(CC(NC(=O)c4ccc(C(C)(C)C)s4)C(=O)NC4CCNC4)cc3)nc2)cc1. The maximum Gasteiger partial charge on any atom is 0.262 e. The molecule has 0 bridgehead atoms. The lowest BCUT2D eigenvalue weighted by Gasteiger charge is -2.21. The summed E-state index contributed by atoms with van der Waals surface area (Å²) in [6, 6.07) is 19.1. The molecule has 1 saturated heterocycles. The van der Waals surface area contributed by atoms with Gasteiger partial charge in [-0.1, -0.05) is 89.8 Å². The number of rotatable bonds is 15. The minimum absolute atomic E-state index is 0.0467. The second-order valence-electron chi connectivity index (χ2n) is 13.6. The monoisotopic (exact) mass is 667 g/mol. The molecular weight excluding hydrogens is 619 g/mol. The Morgan fingerprint density at radius 3 is 2.27 bits per heavy atom. The number of aromatic nitrogens is 2. The molecule has 4 aromatic rings. The summed E-state index contributed by atoms with van der Waals surface area (Å²) < 4.78 is 5.90. The fourth-order valence-corrected chi connectivity index (χ4v) is 6.64. The molecule has 3 heterocycles. The van der Waals surface area contributed by atoms with E-state index in [0.717, 1.165) is 65.4 Å². The van der Waals surface area contributed by atoms with Gasteiger partial charge < -0.3 is 20.7 Å². The van der Waals surface area contributed by atoms with E-state index >= 15 is 0 Å². The number of carbonyl (C=O) groups is 2. The molecule has 5 rings (SSSR count). The summed E-state index contributed by atoms with van der Waals surface area (Å²) in [5, 5.41) is 9.42. The molecule has 2 aromatic carbocycles. The highest BCUT2D eigenvalue weighted by molar-refractivity contribution is 7.14. The Morgan fingerprint density at radius 1 is 0.917 bits per heavy atom. The maximum atomic E-state index is 13.4. The fraction of sp³-hybridized carbons (Fsp3) is 0.436. The lowest BCUT2D eigenvalue weighted by atomic mass is 9.95. The number of unbranched alkanes of at least 4 members (excludes halogenated alkanes) is 4. The van der Waals surface area contributed by atoms with Gasteiger partial charge in [-0.3, -0.25) is 9.59 Å². The molecule has 8 nitrogen and oxygen atoms in total. The lowest BCUT2D eigenvalue weighted by Crippen LogP contribution is -2.51. The lowest BCUT2D eigenvalue weighted by molar-refractivity contribution is -0.123. The van der Waals surface area contributed by atoms with Crippen molar-refractivity contribution in [1.82, 2.24) is 25.9 Å². The number of hydrogen-bond acceptors (Lipinski definition) is 7. The summed E-state index contributed by atoms with van der Waals surface area (Å²) >= 11 is 1.47. The van der Waals surface area contributed by atoms with Gasteiger partial charge in [0.25, 0.3) is 5.91 Å². The number of nitrogens with one attached hydrogen (secondary N) is 3. The second-order valence-corrected chi connectivity index (χ2v) is 14.7. The molecule has 2 atom stereocenters. The molecular formula is C39H49N5O3S. The molecule has 254 valence electrons. The van der Waals surface area contributed by atoms with E-state index in [1.54, 1.807) is 0 Å². The summed E-state index contributed by atoms with van der Waals surface area (Å²) in [7, 11) is 0. The van der Waals surface area contributed by atoms with E-state index in [2.05, 4.69) is 53.6 Å². The number of ether oxygens (including phenoxy) is 1. The van der Waals surface area contributed by atoms with Gasteiger partial charge >= 0.3 is 0 Å². The standard InChI is InChI=1S/C39H49N5O3S/c1-5-6-7-8-9-22-47-32-16-14-28(15-17-32)30-24-41-36(42-25-30)29-12-10-27(11-13-29)23-33(37(45)43-31-20-21-40-26-31)44-38(46)34-18-19-35(48-34)39(2,3)4/h10-19,24-25,31,33,40H,5-9,20-23,26H2,1-4H3,(H,43,45)(H,44,46). The van der Waals surface area contributed by atoms with Crippen LogP contribution in [0.1, 0.15) is 86.3 Å². The average molecular weight is 668 g/mol. The second kappa shape index (κ2) is 16.8. The first-order chi connectivity index (χ1) is 23.2. The largest absolute Gasteiger partial charge is 0.494 e. The van der Waals surface area contributed by atoms with E-state index in [1.165, 1.54) is 37.0 Å². The minimum Gasteiger partial charge on any atom is -0.494 e. The van der Waals surface area contributed by atoms with Gasteiger partial charge in [-0.2, -0.15) is 0 Å². The van der Waals surface area contributed by atoms with Crippen molar-refractivity contribution in [3.05, 3.63) is 88.4 Å². The smallest absolute Gasteiger partial charge is 0.262 e. The zero-order valence-corrected chi connectivity index (χ0v) is 29.5. The number of thiophene rings is 1. The third-order valence-electron chi connectivity index (χ3n) is 8.61. The molecule has 0 aliphatic carbocycles. The molecule has 0 saturated carbocycles. The van der Waals surface area contributed by atoms with Crippen molar-refractivity contribution in [2.45, 2.75) is 90.1 Å². The number of benzene rings is 2. The third-order valence-corrected chi connectivity index (χ3v) is 10.1. The molecule has 2 amide bonds. The van der Waals surface area contributed by atoms with Crippen LogP contribution in [0.25, 0.3) is 22.5 Å². The Bertz CT molecular complexity index is 1610. The van der Waals surface area contributed by atoms with Crippen molar-refractivity contribution < 1.29 is 14.3 Å². The molecule has 0 spiro atoms. The molecule has 0 radical (unpaired) electrons. The van der Waals surface area contributed by atoms with Crippen LogP contribution in [-0.4, -0.2) is 53.6 Å². The Hall–Kier alpha value is -4.08. The zero-order valence-electron chi connectivity index (χ0n) is 28.7. The average Bonchev–Trinajstić information content (AvgIpc) is 3.80. The van der Waals surface area contributed by atoms with E-state index in [0.29, 0.717) is 17.1 Å². The van der Waals surface area contributed by atoms with Crippen LogP contribution in [0, 0.1) is 0 Å². The molecule has 1 aliphatic rings. The topological polar surface area (TPSA) is 105 Å². The van der Waals surface area contributed by atoms with Gasteiger partial charge in [-0.25, -0.2) is 9.97 Å². The van der Waals surface area contributed by atoms with Crippen molar-refractivity contribution in [1.29, 1.82) is 0 Å². The highest BCUT2D eigenvalue weighted by atomic mass is 32.1. The van der Waals surface area contributed by atoms with Crippen LogP contribution in [0.5, 0.6) is 5.75 Å². The van der Waals surface area contributed by atoms with Crippen molar-refractivity contribution >= 4 is 23.2 Å². The van der Waals surface area contributed by atoms with E-state index in [9.17, 15) is 9.59 Å². The number of carbonyl (C=O) groups excluding carboxylic acids is 2. The molecule has 1 fully saturated rings. The zero-order chi connectivity index (χ0) is 33.9. The molecule has 9 heteroatoms. The summed E-state index contributed by atoms with van der Waals surface area (Å²) in [5.41, 5.74) is 3.73. The number of nitrogens with zero attached hydrogens (tertiary/aromatic N) is 2. The summed E-state index contributed by atoms with van der Waals surface area (Å²) in [6.45, 7) is 11.0. The summed E-state index contributed by atoms with van der Waals surface area (Å²) in [4.78, 5) is 37.7. The van der Waals surface area contributed by atoms with Gasteiger partial charge in [0.15, 0.2) is 5.82 Å². The van der Waals surface area contributed by atoms with Crippen molar-refractivity contribution in [3.63, 3.8) is 0 Å². The van der Waals surface area contributed by atoms with Crippen LogP contribution >= 0.6 is 11.3 Å². The third kappa shape index (κ3) is 9.97. The van der Waals surface area contributed by atoms with Crippen LogP contribution in [0.15, 0.2) is 73.1 Å². The predicted molar refractivity (Wildman–Crippen MR) is 195 cm³/mol. The first-order valence-corrected chi connectivity index (χ1v) is 18.1. The van der Waals surface area contributed by atoms with Crippen molar-refractivity contribution in [3.8, 4) is 28.3 Å². The highest BCUT2D eigenvalue weighted by Crippen LogP contribution is 2.29. The predicted octanol–water partition coefficient (Wildman–Crippen LogP) is 7.34. The van der Waals surface area contributed by atoms with Crippen LogP contribution < -0.4 is 20.7 Å². The quantitative estimate of drug-likeness (QED) is 0.115. The molecule has 2 unspecified atom stereocenters. The number of hydrogen-bond donors (Lipinski definition) is 3. The Morgan fingerprint density at radius 2 is 1.62 bits per heavy atom. The molecule has 3 N–H and O–H groups in total. The molecule has 48 heavy (non-hydrogen) atoms. The molecule has 1 aliphatic heterocycles. The fourth-order valence-electron chi connectivity index (χ4n) is 5.67. The Kier molecular flexibility index (Phi) is 12.4. The van der Waals surface area contributed by atoms with E-state index in [4.69, 9.17) is 4.74 Å². The van der Waals surface area contributed by atoms with E-state index in [1.807, 2.05) is 73.1 Å². The van der Waals surface area contributed by atoms with E-state index < -0.39 is 6.04 Å². The van der Waals surface area contributed by atoms with Gasteiger partial charge in [-0.15, -0.1) is 11.3 Å². The van der Waals surface area contributed by atoms with Gasteiger partial charge in [0, 0.05) is 47.4 Å². The van der Waals surface area contributed by atoms with Crippen LogP contribution in [0.2, 0.25) is 0 Å². The maximum absolute atomic E-state index is 13.4. The van der Waals surface area contributed by atoms with Crippen LogP contribution in [0.3, 0.4) is 0 Å². The van der Waals surface area contributed by atoms with Crippen molar-refractivity contribution in [2.24, 2.45) is 0 Å². The summed E-state index contributed by atoms with van der Waals surface area (Å²) in [5.74, 6) is 1.10. The molecule has 2 aromatic heterocycles. The van der Waals surface area contributed by atoms with Gasteiger partial charge in [0.05, 0.1) is 11.5 Å². The summed E-state index contributed by atoms with van der Waals surface area (Å²) in [6.07, 6.45) is 11.0. The first kappa shape index (κ1) is 35.2. The Balaban J connectivity index is 1.20. The van der Waals surface area contributed by atoms with Gasteiger partial charge in [0.1, 0.15) is 11.8 Å². The Labute approximate surface area is 289 Å². The highest BCUT2D eigenvalue weighted by Gasteiger charge is 2.27. The van der Waals surface area contributed by atoms with Gasteiger partial charge in [0.2, 0.25) is 5.91 Å². The van der Waals surface area contributed by atoms with Gasteiger partial charge in [-0.05, 0) is 60.2 Å². The number of amides is 2. The van der Waals surface area contributed by atoms with Crippen molar-refractivity contribution in [2.75, 3.05) is 19.7 Å². The first-order valence-electron chi connectivity index (χ1n) is 17.3. The minimum atomic E-state index is -0.706. The normalized spacial score (nSPS) is 15.2. The van der Waals surface area contributed by atoms with E-state index in [-0.39, 0.29) is 23.3 Å². The van der Waals surface area contributed by atoms with Crippen LogP contribution in [0.4, 0.5) is 0 Å². The van der Waals surface area contributed by atoms with Crippen LogP contribution in [-0.2, 0) is 16.6 Å².